The monoisotopic (exact) mass is 307 g/mol. The molecule has 0 spiro atoms. The summed E-state index contributed by atoms with van der Waals surface area (Å²) in [6, 6.07) is 2.59. The summed E-state index contributed by atoms with van der Waals surface area (Å²) in [6.07, 6.45) is 0.872. The molecule has 0 heterocycles. The predicted molar refractivity (Wildman–Crippen MR) is 66.7 cm³/mol. The van der Waals surface area contributed by atoms with Crippen molar-refractivity contribution in [1.29, 1.82) is 0 Å². The van der Waals surface area contributed by atoms with E-state index in [2.05, 4.69) is 15.9 Å². The first-order chi connectivity index (χ1) is 8.10. The van der Waals surface area contributed by atoms with Crippen LogP contribution < -0.4 is 0 Å². The first-order valence-electron chi connectivity index (χ1n) is 5.55. The van der Waals surface area contributed by atoms with Crippen molar-refractivity contribution in [1.82, 2.24) is 4.90 Å². The van der Waals surface area contributed by atoms with Crippen molar-refractivity contribution < 1.29 is 13.9 Å². The van der Waals surface area contributed by atoms with Crippen LogP contribution in [0.2, 0.25) is 0 Å². The summed E-state index contributed by atoms with van der Waals surface area (Å²) in [6.45, 7) is 3.26. The molecule has 0 fully saturated rings. The van der Waals surface area contributed by atoms with E-state index < -0.39 is 11.6 Å². The first-order valence-corrected chi connectivity index (χ1v) is 6.35. The molecule has 0 saturated carbocycles. The number of rotatable bonds is 6. The van der Waals surface area contributed by atoms with Gasteiger partial charge in [0.15, 0.2) is 0 Å². The van der Waals surface area contributed by atoms with Crippen LogP contribution in [0.3, 0.4) is 0 Å². The molecule has 2 nitrogen and oxygen atoms in total. The second kappa shape index (κ2) is 7.03. The number of nitrogens with zero attached hydrogens (tertiary/aromatic N) is 1. The Bertz CT molecular complexity index is 368. The highest BCUT2D eigenvalue weighted by atomic mass is 79.9. The minimum absolute atomic E-state index is 0.0166. The summed E-state index contributed by atoms with van der Waals surface area (Å²) < 4.78 is 27.5. The SMILES string of the molecule is CCCN(CCO)Cc1c(F)ccc(Br)c1F. The van der Waals surface area contributed by atoms with E-state index in [0.29, 0.717) is 13.1 Å². The standard InChI is InChI=1S/C12H16BrF2NO/c1-2-5-16(6-7-17)8-9-11(14)4-3-10(13)12(9)15/h3-4,17H,2,5-8H2,1H3. The van der Waals surface area contributed by atoms with Gasteiger partial charge in [-0.15, -0.1) is 0 Å². The van der Waals surface area contributed by atoms with Gasteiger partial charge in [0.05, 0.1) is 11.1 Å². The molecule has 0 atom stereocenters. The van der Waals surface area contributed by atoms with Gasteiger partial charge in [0, 0.05) is 18.7 Å². The Hall–Kier alpha value is -0.520. The Kier molecular flexibility index (Phi) is 6.02. The Morgan fingerprint density at radius 3 is 2.59 bits per heavy atom. The smallest absolute Gasteiger partial charge is 0.144 e. The Morgan fingerprint density at radius 1 is 1.29 bits per heavy atom. The molecular weight excluding hydrogens is 292 g/mol. The molecule has 0 aliphatic carbocycles. The van der Waals surface area contributed by atoms with Crippen molar-refractivity contribution in [3.63, 3.8) is 0 Å². The van der Waals surface area contributed by atoms with E-state index in [-0.39, 0.29) is 23.2 Å². The second-order valence-corrected chi connectivity index (χ2v) is 4.68. The van der Waals surface area contributed by atoms with Gasteiger partial charge in [-0.25, -0.2) is 8.78 Å². The molecule has 0 radical (unpaired) electrons. The molecule has 0 bridgehead atoms. The number of halogens is 3. The summed E-state index contributed by atoms with van der Waals surface area (Å²) in [5.74, 6) is -1.12. The Morgan fingerprint density at radius 2 is 2.00 bits per heavy atom. The molecule has 1 aromatic rings. The molecule has 0 unspecified atom stereocenters. The van der Waals surface area contributed by atoms with Crippen LogP contribution in [0.5, 0.6) is 0 Å². The van der Waals surface area contributed by atoms with Crippen LogP contribution >= 0.6 is 15.9 Å². The summed E-state index contributed by atoms with van der Waals surface area (Å²) in [7, 11) is 0. The molecule has 1 aromatic carbocycles. The predicted octanol–water partition coefficient (Wildman–Crippen LogP) is 2.93. The van der Waals surface area contributed by atoms with Crippen LogP contribution in [0.25, 0.3) is 0 Å². The fraction of sp³-hybridized carbons (Fsp3) is 0.500. The molecule has 17 heavy (non-hydrogen) atoms. The highest BCUT2D eigenvalue weighted by Crippen LogP contribution is 2.22. The lowest BCUT2D eigenvalue weighted by Crippen LogP contribution is -2.28. The van der Waals surface area contributed by atoms with Gasteiger partial charge in [0.25, 0.3) is 0 Å². The normalized spacial score (nSPS) is 11.2. The molecular formula is C12H16BrF2NO. The van der Waals surface area contributed by atoms with Crippen molar-refractivity contribution in [3.05, 3.63) is 33.8 Å². The van der Waals surface area contributed by atoms with E-state index in [9.17, 15) is 8.78 Å². The maximum absolute atomic E-state index is 13.7. The van der Waals surface area contributed by atoms with Crippen LogP contribution in [0.4, 0.5) is 8.78 Å². The van der Waals surface area contributed by atoms with E-state index >= 15 is 0 Å². The van der Waals surface area contributed by atoms with E-state index in [0.717, 1.165) is 6.42 Å². The van der Waals surface area contributed by atoms with Gasteiger partial charge in [-0.1, -0.05) is 6.92 Å². The van der Waals surface area contributed by atoms with Crippen LogP contribution in [0.15, 0.2) is 16.6 Å². The average molecular weight is 308 g/mol. The molecule has 0 amide bonds. The fourth-order valence-electron chi connectivity index (χ4n) is 1.67. The van der Waals surface area contributed by atoms with Gasteiger partial charge in [-0.05, 0) is 41.0 Å². The minimum atomic E-state index is -0.566. The molecule has 1 rings (SSSR count). The number of aliphatic hydroxyl groups excluding tert-OH is 1. The van der Waals surface area contributed by atoms with Crippen molar-refractivity contribution in [2.75, 3.05) is 19.7 Å². The maximum Gasteiger partial charge on any atom is 0.144 e. The molecule has 0 aliphatic rings. The third-order valence-electron chi connectivity index (χ3n) is 2.48. The first kappa shape index (κ1) is 14.5. The van der Waals surface area contributed by atoms with Crippen LogP contribution in [0, 0.1) is 11.6 Å². The third-order valence-corrected chi connectivity index (χ3v) is 3.09. The lowest BCUT2D eigenvalue weighted by molar-refractivity contribution is 0.187. The molecule has 5 heteroatoms. The fourth-order valence-corrected chi connectivity index (χ4v) is 2.04. The molecule has 96 valence electrons. The minimum Gasteiger partial charge on any atom is -0.395 e. The highest BCUT2D eigenvalue weighted by Gasteiger charge is 2.15. The van der Waals surface area contributed by atoms with Crippen molar-refractivity contribution >= 4 is 15.9 Å². The number of hydrogen-bond acceptors (Lipinski definition) is 2. The van der Waals surface area contributed by atoms with E-state index in [1.165, 1.54) is 12.1 Å². The Labute approximate surface area is 108 Å². The van der Waals surface area contributed by atoms with E-state index in [4.69, 9.17) is 5.11 Å². The zero-order valence-corrected chi connectivity index (χ0v) is 11.3. The van der Waals surface area contributed by atoms with Crippen LogP contribution in [0.1, 0.15) is 18.9 Å². The summed E-state index contributed by atoms with van der Waals surface area (Å²) in [4.78, 5) is 1.83. The van der Waals surface area contributed by atoms with Crippen molar-refractivity contribution in [2.45, 2.75) is 19.9 Å². The summed E-state index contributed by atoms with van der Waals surface area (Å²) >= 11 is 3.04. The molecule has 0 saturated heterocycles. The number of aliphatic hydroxyl groups is 1. The largest absolute Gasteiger partial charge is 0.395 e. The van der Waals surface area contributed by atoms with Gasteiger partial charge in [-0.2, -0.15) is 0 Å². The maximum atomic E-state index is 13.7. The second-order valence-electron chi connectivity index (χ2n) is 3.82. The lowest BCUT2D eigenvalue weighted by atomic mass is 10.2. The average Bonchev–Trinajstić information content (AvgIpc) is 2.30. The van der Waals surface area contributed by atoms with E-state index in [1.54, 1.807) is 0 Å². The van der Waals surface area contributed by atoms with Crippen molar-refractivity contribution in [2.24, 2.45) is 0 Å². The topological polar surface area (TPSA) is 23.5 Å². The van der Waals surface area contributed by atoms with Crippen molar-refractivity contribution in [3.8, 4) is 0 Å². The third kappa shape index (κ3) is 4.01. The molecule has 0 aromatic heterocycles. The van der Waals surface area contributed by atoms with Gasteiger partial charge < -0.3 is 5.11 Å². The molecule has 0 aliphatic heterocycles. The summed E-state index contributed by atoms with van der Waals surface area (Å²) in [5.41, 5.74) is 0.0428. The van der Waals surface area contributed by atoms with Gasteiger partial charge in [0.2, 0.25) is 0 Å². The van der Waals surface area contributed by atoms with Crippen LogP contribution in [-0.4, -0.2) is 29.7 Å². The lowest BCUT2D eigenvalue weighted by Gasteiger charge is -2.21. The number of hydrogen-bond donors (Lipinski definition) is 1. The van der Waals surface area contributed by atoms with E-state index in [1.807, 2.05) is 11.8 Å². The van der Waals surface area contributed by atoms with Crippen LogP contribution in [-0.2, 0) is 6.54 Å². The quantitative estimate of drug-likeness (QED) is 0.817. The highest BCUT2D eigenvalue weighted by molar-refractivity contribution is 9.10. The van der Waals surface area contributed by atoms with Gasteiger partial charge in [0.1, 0.15) is 11.6 Å². The zero-order chi connectivity index (χ0) is 12.8. The zero-order valence-electron chi connectivity index (χ0n) is 9.72. The van der Waals surface area contributed by atoms with Gasteiger partial charge in [-0.3, -0.25) is 4.90 Å². The summed E-state index contributed by atoms with van der Waals surface area (Å²) in [5, 5.41) is 8.90. The van der Waals surface area contributed by atoms with Gasteiger partial charge >= 0.3 is 0 Å². The number of benzene rings is 1. The Balaban J connectivity index is 2.88. The molecule has 1 N–H and O–H groups in total.